The van der Waals surface area contributed by atoms with Crippen molar-refractivity contribution in [3.05, 3.63) is 81.0 Å². The summed E-state index contributed by atoms with van der Waals surface area (Å²) in [6.07, 6.45) is 4.85. The molecule has 1 aromatic carbocycles. The summed E-state index contributed by atoms with van der Waals surface area (Å²) in [4.78, 5) is 36.2. The molecular weight excluding hydrogens is 416 g/mol. The Morgan fingerprint density at radius 2 is 2.03 bits per heavy atom. The van der Waals surface area contributed by atoms with Crippen LogP contribution in [0.4, 0.5) is 0 Å². The van der Waals surface area contributed by atoms with E-state index in [0.717, 1.165) is 28.5 Å². The average molecular weight is 437 g/mol. The van der Waals surface area contributed by atoms with Gasteiger partial charge in [-0.25, -0.2) is 4.98 Å². The molecule has 6 nitrogen and oxygen atoms in total. The lowest BCUT2D eigenvalue weighted by Crippen LogP contribution is -2.29. The molecule has 0 atom stereocenters. The van der Waals surface area contributed by atoms with Gasteiger partial charge in [-0.05, 0) is 42.0 Å². The molecule has 8 heteroatoms. The van der Waals surface area contributed by atoms with Gasteiger partial charge in [0.25, 0.3) is 11.5 Å². The first-order valence-corrected chi connectivity index (χ1v) is 11.7. The molecule has 5 rings (SSSR count). The second kappa shape index (κ2) is 7.77. The van der Waals surface area contributed by atoms with E-state index in [9.17, 15) is 9.59 Å². The highest BCUT2D eigenvalue weighted by Crippen LogP contribution is 2.38. The third kappa shape index (κ3) is 3.36. The Morgan fingerprint density at radius 1 is 1.23 bits per heavy atom. The number of fused-ring (bicyclic) bond motifs is 2. The number of benzene rings is 1. The smallest absolute Gasteiger partial charge is 0.258 e. The van der Waals surface area contributed by atoms with Crippen LogP contribution in [-0.4, -0.2) is 38.1 Å². The second-order valence-electron chi connectivity index (χ2n) is 7.27. The molecule has 4 heterocycles. The first-order valence-electron chi connectivity index (χ1n) is 9.71. The summed E-state index contributed by atoms with van der Waals surface area (Å²) in [6.45, 7) is 0.239. The van der Waals surface area contributed by atoms with Crippen LogP contribution in [0.1, 0.15) is 26.6 Å². The Balaban J connectivity index is 1.50. The van der Waals surface area contributed by atoms with E-state index >= 15 is 0 Å². The average Bonchev–Trinajstić information content (AvgIpc) is 3.41. The van der Waals surface area contributed by atoms with Gasteiger partial charge >= 0.3 is 0 Å². The van der Waals surface area contributed by atoms with E-state index < -0.39 is 0 Å². The Bertz CT molecular complexity index is 1290. The Kier molecular flexibility index (Phi) is 4.96. The largest absolute Gasteiger partial charge is 0.334 e. The lowest BCUT2D eigenvalue weighted by atomic mass is 10.1. The molecule has 30 heavy (non-hydrogen) atoms. The fourth-order valence-corrected chi connectivity index (χ4v) is 6.23. The lowest BCUT2D eigenvalue weighted by Gasteiger charge is -2.19. The third-order valence-electron chi connectivity index (χ3n) is 5.25. The number of hydrogen-bond donors (Lipinski definition) is 1. The van der Waals surface area contributed by atoms with E-state index in [-0.39, 0.29) is 18.0 Å². The number of para-hydroxylation sites is 1. The molecule has 0 saturated heterocycles. The number of nitrogens with zero attached hydrogens (tertiary/aromatic N) is 3. The number of thioether (sulfide) groups is 1. The van der Waals surface area contributed by atoms with Crippen LogP contribution in [0.15, 0.2) is 53.6 Å². The zero-order valence-corrected chi connectivity index (χ0v) is 18.1. The number of aromatic amines is 1. The minimum absolute atomic E-state index is 0.0427. The molecule has 0 radical (unpaired) electrons. The van der Waals surface area contributed by atoms with Crippen molar-refractivity contribution in [1.82, 2.24) is 19.4 Å². The number of nitrogens with one attached hydrogen (secondary N) is 1. The number of hydrogen-bond acceptors (Lipinski definition) is 5. The molecule has 3 aromatic heterocycles. The van der Waals surface area contributed by atoms with Gasteiger partial charge in [-0.15, -0.1) is 11.3 Å². The normalized spacial score (nSPS) is 13.4. The maximum absolute atomic E-state index is 13.5. The highest BCUT2D eigenvalue weighted by atomic mass is 32.2. The first kappa shape index (κ1) is 19.1. The molecular formula is C22H20N4O2S2. The molecule has 1 N–H and O–H groups in total. The van der Waals surface area contributed by atoms with Gasteiger partial charge in [0.1, 0.15) is 10.8 Å². The molecule has 0 bridgehead atoms. The fraction of sp³-hybridized carbons (Fsp3) is 0.227. The third-order valence-corrected chi connectivity index (χ3v) is 7.66. The van der Waals surface area contributed by atoms with Crippen LogP contribution in [0, 0.1) is 0 Å². The van der Waals surface area contributed by atoms with Gasteiger partial charge < -0.3 is 14.5 Å². The van der Waals surface area contributed by atoms with Crippen molar-refractivity contribution in [2.24, 2.45) is 0 Å². The van der Waals surface area contributed by atoms with Crippen LogP contribution < -0.4 is 5.56 Å². The Labute approximate surface area is 181 Å². The summed E-state index contributed by atoms with van der Waals surface area (Å²) in [7, 11) is 1.76. The lowest BCUT2D eigenvalue weighted by molar-refractivity contribution is 0.0781. The van der Waals surface area contributed by atoms with Crippen molar-refractivity contribution in [2.45, 2.75) is 18.7 Å². The number of H-pyrrole nitrogens is 1. The summed E-state index contributed by atoms with van der Waals surface area (Å²) in [6, 6.07) is 11.2. The van der Waals surface area contributed by atoms with Crippen molar-refractivity contribution >= 4 is 39.9 Å². The summed E-state index contributed by atoms with van der Waals surface area (Å²) < 4.78 is 2.02. The maximum atomic E-state index is 13.5. The predicted molar refractivity (Wildman–Crippen MR) is 122 cm³/mol. The van der Waals surface area contributed by atoms with Crippen LogP contribution in [0.3, 0.4) is 0 Å². The van der Waals surface area contributed by atoms with Gasteiger partial charge in [0.15, 0.2) is 0 Å². The predicted octanol–water partition coefficient (Wildman–Crippen LogP) is 3.84. The highest BCUT2D eigenvalue weighted by molar-refractivity contribution is 7.98. The van der Waals surface area contributed by atoms with Gasteiger partial charge in [-0.1, -0.05) is 12.1 Å². The summed E-state index contributed by atoms with van der Waals surface area (Å²) in [5, 5.41) is 1.51. The summed E-state index contributed by atoms with van der Waals surface area (Å²) in [5.74, 6) is 2.42. The number of carbonyl (C=O) groups excluding carboxylic acids is 1. The van der Waals surface area contributed by atoms with E-state index in [1.807, 2.05) is 59.1 Å². The molecule has 0 unspecified atom stereocenters. The zero-order chi connectivity index (χ0) is 20.7. The number of aromatic nitrogens is 3. The number of rotatable bonds is 4. The molecule has 1 aliphatic heterocycles. The summed E-state index contributed by atoms with van der Waals surface area (Å²) in [5.41, 5.74) is 2.39. The van der Waals surface area contributed by atoms with Crippen molar-refractivity contribution in [3.8, 4) is 5.00 Å². The van der Waals surface area contributed by atoms with E-state index in [0.29, 0.717) is 16.7 Å². The fourth-order valence-electron chi connectivity index (χ4n) is 3.79. The van der Waals surface area contributed by atoms with Crippen LogP contribution in [-0.2, 0) is 18.7 Å². The molecule has 0 saturated carbocycles. The molecule has 1 aliphatic rings. The molecule has 0 spiro atoms. The first-order chi connectivity index (χ1) is 14.6. The van der Waals surface area contributed by atoms with Gasteiger partial charge in [-0.2, -0.15) is 11.8 Å². The van der Waals surface area contributed by atoms with E-state index in [1.165, 1.54) is 10.4 Å². The van der Waals surface area contributed by atoms with Crippen LogP contribution in [0.2, 0.25) is 0 Å². The van der Waals surface area contributed by atoms with Crippen LogP contribution in [0.25, 0.3) is 15.9 Å². The van der Waals surface area contributed by atoms with E-state index in [4.69, 9.17) is 0 Å². The minimum Gasteiger partial charge on any atom is -0.334 e. The van der Waals surface area contributed by atoms with Gasteiger partial charge in [0.05, 0.1) is 23.0 Å². The van der Waals surface area contributed by atoms with Crippen LogP contribution in [0.5, 0.6) is 0 Å². The van der Waals surface area contributed by atoms with Crippen LogP contribution >= 0.6 is 23.1 Å². The number of amides is 1. The van der Waals surface area contributed by atoms with Crippen molar-refractivity contribution < 1.29 is 4.79 Å². The van der Waals surface area contributed by atoms with E-state index in [2.05, 4.69) is 9.97 Å². The molecule has 0 fully saturated rings. The quantitative estimate of drug-likeness (QED) is 0.528. The van der Waals surface area contributed by atoms with Gasteiger partial charge in [-0.3, -0.25) is 9.59 Å². The Morgan fingerprint density at radius 3 is 2.87 bits per heavy atom. The minimum atomic E-state index is -0.186. The van der Waals surface area contributed by atoms with Crippen molar-refractivity contribution in [3.63, 3.8) is 0 Å². The van der Waals surface area contributed by atoms with E-state index in [1.54, 1.807) is 29.4 Å². The standard InChI is InChI=1S/C22H20N4O2S2/c1-25(12-18-23-16-7-3-2-6-14(16)20(27)24-18)21(28)19-15-8-11-29-13-17(15)30-22(19)26-9-4-5-10-26/h2-7,9-10H,8,11-13H2,1H3,(H,23,24,27). The van der Waals surface area contributed by atoms with Gasteiger partial charge in [0, 0.05) is 30.1 Å². The number of carbonyl (C=O) groups is 1. The monoisotopic (exact) mass is 436 g/mol. The maximum Gasteiger partial charge on any atom is 0.258 e. The SMILES string of the molecule is CN(Cc1nc2ccccc2c(=O)[nH]1)C(=O)c1c(-n2cccc2)sc2c1CCSC2. The van der Waals surface area contributed by atoms with Crippen molar-refractivity contribution in [1.29, 1.82) is 0 Å². The number of thiophene rings is 1. The Hall–Kier alpha value is -2.84. The molecule has 1 amide bonds. The highest BCUT2D eigenvalue weighted by Gasteiger charge is 2.28. The summed E-state index contributed by atoms with van der Waals surface area (Å²) >= 11 is 3.61. The molecule has 152 valence electrons. The second-order valence-corrected chi connectivity index (χ2v) is 9.46. The molecule has 0 aliphatic carbocycles. The van der Waals surface area contributed by atoms with Crippen molar-refractivity contribution in [2.75, 3.05) is 12.8 Å². The molecule has 4 aromatic rings. The zero-order valence-electron chi connectivity index (χ0n) is 16.4. The topological polar surface area (TPSA) is 71.0 Å². The van der Waals surface area contributed by atoms with Gasteiger partial charge in [0.2, 0.25) is 0 Å².